The summed E-state index contributed by atoms with van der Waals surface area (Å²) in [5, 5.41) is 1.58. The number of nitrogens with one attached hydrogen (secondary N) is 2. The summed E-state index contributed by atoms with van der Waals surface area (Å²) < 4.78 is 65.7. The molecule has 2 rings (SSSR count). The molecule has 2 aromatic carbocycles. The van der Waals surface area contributed by atoms with E-state index in [4.69, 9.17) is 17.3 Å². The Morgan fingerprint density at radius 3 is 2.39 bits per heavy atom. The van der Waals surface area contributed by atoms with Crippen molar-refractivity contribution >= 4 is 39.1 Å². The number of hydrogen-bond acceptors (Lipinski definition) is 4. The van der Waals surface area contributed by atoms with Crippen molar-refractivity contribution in [3.63, 3.8) is 0 Å². The quantitative estimate of drug-likeness (QED) is 0.645. The molecule has 0 saturated heterocycles. The molecule has 0 aliphatic heterocycles. The summed E-state index contributed by atoms with van der Waals surface area (Å²) in [6.45, 7) is -0.417. The van der Waals surface area contributed by atoms with Crippen LogP contribution in [0.1, 0.15) is 15.9 Å². The molecule has 28 heavy (non-hydrogen) atoms. The van der Waals surface area contributed by atoms with Crippen LogP contribution in [0.5, 0.6) is 0 Å². The van der Waals surface area contributed by atoms with Gasteiger partial charge in [-0.15, -0.1) is 0 Å². The SMILES string of the molecule is NC(=O)CNC(=O)c1cccc(NS(=O)(=O)c2ccc(Cl)c(C(F)(F)F)c2)c1. The second kappa shape index (κ2) is 8.07. The maximum absolute atomic E-state index is 12.9. The van der Waals surface area contributed by atoms with Gasteiger partial charge >= 0.3 is 6.18 Å². The highest BCUT2D eigenvalue weighted by Crippen LogP contribution is 2.36. The largest absolute Gasteiger partial charge is 0.417 e. The Kier molecular flexibility index (Phi) is 6.20. The average Bonchev–Trinajstić information content (AvgIpc) is 2.58. The lowest BCUT2D eigenvalue weighted by molar-refractivity contribution is -0.137. The molecule has 12 heteroatoms. The molecule has 0 fully saturated rings. The molecule has 0 aliphatic carbocycles. The number of sulfonamides is 1. The predicted molar refractivity (Wildman–Crippen MR) is 95.2 cm³/mol. The molecule has 0 bridgehead atoms. The van der Waals surface area contributed by atoms with E-state index in [1.54, 1.807) is 0 Å². The van der Waals surface area contributed by atoms with E-state index in [1.807, 2.05) is 0 Å². The number of primary amides is 1. The number of nitrogens with two attached hydrogens (primary N) is 1. The van der Waals surface area contributed by atoms with Gasteiger partial charge in [0, 0.05) is 11.3 Å². The van der Waals surface area contributed by atoms with Gasteiger partial charge in [0.15, 0.2) is 0 Å². The number of carbonyl (C=O) groups excluding carboxylic acids is 2. The van der Waals surface area contributed by atoms with E-state index >= 15 is 0 Å². The van der Waals surface area contributed by atoms with Crippen molar-refractivity contribution in [3.8, 4) is 0 Å². The van der Waals surface area contributed by atoms with Crippen LogP contribution >= 0.6 is 11.6 Å². The van der Waals surface area contributed by atoms with Gasteiger partial charge in [0.1, 0.15) is 0 Å². The molecule has 0 unspecified atom stereocenters. The maximum atomic E-state index is 12.9. The minimum absolute atomic E-state index is 0.00790. The number of halogens is 4. The normalized spacial score (nSPS) is 11.7. The minimum atomic E-state index is -4.83. The second-order valence-electron chi connectivity index (χ2n) is 5.47. The number of hydrogen-bond donors (Lipinski definition) is 3. The van der Waals surface area contributed by atoms with Crippen LogP contribution in [0.2, 0.25) is 5.02 Å². The van der Waals surface area contributed by atoms with Gasteiger partial charge < -0.3 is 11.1 Å². The molecule has 2 amide bonds. The average molecular weight is 436 g/mol. The lowest BCUT2D eigenvalue weighted by Gasteiger charge is -2.13. The van der Waals surface area contributed by atoms with Crippen molar-refractivity contribution < 1.29 is 31.2 Å². The summed E-state index contributed by atoms with van der Waals surface area (Å²) in [6, 6.07) is 7.29. The summed E-state index contributed by atoms with van der Waals surface area (Å²) in [6.07, 6.45) is -4.83. The first-order chi connectivity index (χ1) is 12.9. The number of alkyl halides is 3. The minimum Gasteiger partial charge on any atom is -0.368 e. The Morgan fingerprint density at radius 2 is 1.79 bits per heavy atom. The van der Waals surface area contributed by atoms with Crippen LogP contribution in [-0.4, -0.2) is 26.8 Å². The molecule has 0 saturated carbocycles. The van der Waals surface area contributed by atoms with Crippen LogP contribution in [0.15, 0.2) is 47.4 Å². The molecule has 0 spiro atoms. The first-order valence-electron chi connectivity index (χ1n) is 7.46. The van der Waals surface area contributed by atoms with Crippen LogP contribution in [0.25, 0.3) is 0 Å². The van der Waals surface area contributed by atoms with Gasteiger partial charge in [0.2, 0.25) is 5.91 Å². The highest BCUT2D eigenvalue weighted by molar-refractivity contribution is 7.92. The third-order valence-corrected chi connectivity index (χ3v) is 5.06. The van der Waals surface area contributed by atoms with Crippen molar-refractivity contribution in [1.29, 1.82) is 0 Å². The van der Waals surface area contributed by atoms with Gasteiger partial charge in [-0.1, -0.05) is 17.7 Å². The lowest BCUT2D eigenvalue weighted by Crippen LogP contribution is -2.33. The number of rotatable bonds is 6. The maximum Gasteiger partial charge on any atom is 0.417 e. The molecule has 0 aliphatic rings. The van der Waals surface area contributed by atoms with Gasteiger partial charge in [0.25, 0.3) is 15.9 Å². The fourth-order valence-electron chi connectivity index (χ4n) is 2.10. The monoisotopic (exact) mass is 435 g/mol. The molecule has 0 aromatic heterocycles. The van der Waals surface area contributed by atoms with Crippen LogP contribution in [0.4, 0.5) is 18.9 Å². The Bertz CT molecular complexity index is 1030. The van der Waals surface area contributed by atoms with Crippen molar-refractivity contribution in [2.24, 2.45) is 5.73 Å². The molecule has 0 heterocycles. The fourth-order valence-corrected chi connectivity index (χ4v) is 3.40. The summed E-state index contributed by atoms with van der Waals surface area (Å²) >= 11 is 5.49. The smallest absolute Gasteiger partial charge is 0.368 e. The molecular weight excluding hydrogens is 423 g/mol. The van der Waals surface area contributed by atoms with E-state index < -0.39 is 50.0 Å². The predicted octanol–water partition coefficient (Wildman–Crippen LogP) is 2.37. The Labute approximate surface area is 162 Å². The highest BCUT2D eigenvalue weighted by atomic mass is 35.5. The second-order valence-corrected chi connectivity index (χ2v) is 7.56. The van der Waals surface area contributed by atoms with E-state index in [0.29, 0.717) is 6.07 Å². The standard InChI is InChI=1S/C16H13ClF3N3O4S/c17-13-5-4-11(7-12(13)16(18,19)20)28(26,27)23-10-3-1-2-9(6-10)15(25)22-8-14(21)24/h1-7,23H,8H2,(H2,21,24)(H,22,25). The van der Waals surface area contributed by atoms with Crippen LogP contribution in [0.3, 0.4) is 0 Å². The van der Waals surface area contributed by atoms with Crippen molar-refractivity contribution in [1.82, 2.24) is 5.32 Å². The van der Waals surface area contributed by atoms with Crippen LogP contribution in [-0.2, 0) is 21.0 Å². The summed E-state index contributed by atoms with van der Waals surface area (Å²) in [5.74, 6) is -1.46. The number of amides is 2. The van der Waals surface area contributed by atoms with Crippen molar-refractivity contribution in [3.05, 3.63) is 58.6 Å². The first-order valence-corrected chi connectivity index (χ1v) is 9.32. The summed E-state index contributed by atoms with van der Waals surface area (Å²) in [4.78, 5) is 21.9. The molecular formula is C16H13ClF3N3O4S. The van der Waals surface area contributed by atoms with E-state index in [-0.39, 0.29) is 11.3 Å². The fraction of sp³-hybridized carbons (Fsp3) is 0.125. The van der Waals surface area contributed by atoms with E-state index in [2.05, 4.69) is 10.0 Å². The molecule has 2 aromatic rings. The van der Waals surface area contributed by atoms with E-state index in [9.17, 15) is 31.2 Å². The van der Waals surface area contributed by atoms with Gasteiger partial charge in [0.05, 0.1) is 22.0 Å². The Balaban J connectivity index is 2.29. The summed E-state index contributed by atoms with van der Waals surface area (Å²) in [7, 11) is -4.40. The van der Waals surface area contributed by atoms with Gasteiger partial charge in [-0.25, -0.2) is 8.42 Å². The molecule has 0 radical (unpaired) electrons. The zero-order valence-corrected chi connectivity index (χ0v) is 15.5. The zero-order chi connectivity index (χ0) is 21.1. The van der Waals surface area contributed by atoms with E-state index in [1.165, 1.54) is 18.2 Å². The van der Waals surface area contributed by atoms with Crippen molar-refractivity contribution in [2.45, 2.75) is 11.1 Å². The van der Waals surface area contributed by atoms with Crippen LogP contribution in [0, 0.1) is 0 Å². The van der Waals surface area contributed by atoms with Crippen LogP contribution < -0.4 is 15.8 Å². The van der Waals surface area contributed by atoms with E-state index in [0.717, 1.165) is 18.2 Å². The van der Waals surface area contributed by atoms with Gasteiger partial charge in [-0.2, -0.15) is 13.2 Å². The topological polar surface area (TPSA) is 118 Å². The van der Waals surface area contributed by atoms with Gasteiger partial charge in [-0.3, -0.25) is 14.3 Å². The third-order valence-electron chi connectivity index (χ3n) is 3.35. The highest BCUT2D eigenvalue weighted by Gasteiger charge is 2.34. The molecule has 150 valence electrons. The molecule has 4 N–H and O–H groups in total. The Morgan fingerprint density at radius 1 is 1.11 bits per heavy atom. The number of benzene rings is 2. The zero-order valence-electron chi connectivity index (χ0n) is 13.9. The van der Waals surface area contributed by atoms with Gasteiger partial charge in [-0.05, 0) is 36.4 Å². The first kappa shape index (κ1) is 21.5. The Hall–Kier alpha value is -2.79. The number of carbonyl (C=O) groups is 2. The number of anilines is 1. The van der Waals surface area contributed by atoms with Crippen molar-refractivity contribution in [2.75, 3.05) is 11.3 Å². The molecule has 7 nitrogen and oxygen atoms in total. The lowest BCUT2D eigenvalue weighted by atomic mass is 10.2. The summed E-state index contributed by atoms with van der Waals surface area (Å²) in [5.41, 5.74) is 3.55. The molecule has 0 atom stereocenters. The third kappa shape index (κ3) is 5.36.